The van der Waals surface area contributed by atoms with Gasteiger partial charge >= 0.3 is 6.03 Å². The maximum atomic E-state index is 12.3. The van der Waals surface area contributed by atoms with Gasteiger partial charge in [-0.05, 0) is 36.4 Å². The van der Waals surface area contributed by atoms with Crippen LogP contribution in [0.15, 0.2) is 47.8 Å². The number of nitrogens with zero attached hydrogens (tertiary/aromatic N) is 1. The molecule has 3 amide bonds. The number of hydrogen-bond acceptors (Lipinski definition) is 6. The first-order valence-electron chi connectivity index (χ1n) is 8.53. The van der Waals surface area contributed by atoms with Gasteiger partial charge < -0.3 is 20.1 Å². The van der Waals surface area contributed by atoms with Crippen molar-refractivity contribution in [3.63, 3.8) is 0 Å². The fraction of sp³-hybridized carbons (Fsp3) is 0.105. The highest BCUT2D eigenvalue weighted by molar-refractivity contribution is 7.14. The van der Waals surface area contributed by atoms with E-state index in [1.807, 2.05) is 0 Å². The number of nitrogens with one attached hydrogen (secondary N) is 3. The first-order chi connectivity index (χ1) is 14.0. The van der Waals surface area contributed by atoms with Crippen molar-refractivity contribution < 1.29 is 19.1 Å². The van der Waals surface area contributed by atoms with Crippen LogP contribution in [-0.2, 0) is 11.2 Å². The number of amides is 3. The highest BCUT2D eigenvalue weighted by atomic mass is 35.5. The predicted octanol–water partition coefficient (Wildman–Crippen LogP) is 4.35. The van der Waals surface area contributed by atoms with Crippen LogP contribution in [0.25, 0.3) is 0 Å². The van der Waals surface area contributed by atoms with Crippen LogP contribution in [-0.4, -0.2) is 23.7 Å². The van der Waals surface area contributed by atoms with Gasteiger partial charge in [-0.2, -0.15) is 0 Å². The van der Waals surface area contributed by atoms with E-state index in [0.29, 0.717) is 38.7 Å². The number of carbonyl (C=O) groups excluding carboxylic acids is 2. The van der Waals surface area contributed by atoms with Crippen LogP contribution in [0.4, 0.5) is 21.3 Å². The number of aromatic nitrogens is 1. The quantitative estimate of drug-likeness (QED) is 0.558. The molecule has 0 atom stereocenters. The Balaban J connectivity index is 1.30. The van der Waals surface area contributed by atoms with Crippen molar-refractivity contribution >= 4 is 51.4 Å². The lowest BCUT2D eigenvalue weighted by Gasteiger charge is -2.06. The van der Waals surface area contributed by atoms with Gasteiger partial charge in [-0.15, -0.1) is 11.3 Å². The van der Waals surface area contributed by atoms with E-state index in [2.05, 4.69) is 20.9 Å². The molecule has 0 saturated heterocycles. The number of hydrogen-bond donors (Lipinski definition) is 3. The van der Waals surface area contributed by atoms with Crippen molar-refractivity contribution in [3.8, 4) is 11.5 Å². The van der Waals surface area contributed by atoms with E-state index in [9.17, 15) is 9.59 Å². The molecule has 2 heterocycles. The SMILES string of the molecule is O=C(Cc1csc(NC(=O)Nc2ccc(Cl)cc2)n1)Nc1ccc2c(c1)OCO2. The van der Waals surface area contributed by atoms with Crippen LogP contribution in [0, 0.1) is 0 Å². The fourth-order valence-corrected chi connectivity index (χ4v) is 3.41. The molecule has 1 aromatic heterocycles. The molecule has 29 heavy (non-hydrogen) atoms. The standard InChI is InChI=1S/C19H15ClN4O4S/c20-11-1-3-12(4-2-11)22-18(26)24-19-23-14(9-29-19)8-17(25)21-13-5-6-15-16(7-13)28-10-27-15/h1-7,9H,8,10H2,(H,21,25)(H2,22,23,24,26). The molecular formula is C19H15ClN4O4S. The zero-order valence-electron chi connectivity index (χ0n) is 14.9. The molecule has 0 unspecified atom stereocenters. The van der Waals surface area contributed by atoms with Gasteiger partial charge in [-0.25, -0.2) is 9.78 Å². The Bertz CT molecular complexity index is 1050. The Morgan fingerprint density at radius 3 is 2.59 bits per heavy atom. The lowest BCUT2D eigenvalue weighted by Crippen LogP contribution is -2.19. The molecule has 3 N–H and O–H groups in total. The maximum Gasteiger partial charge on any atom is 0.325 e. The highest BCUT2D eigenvalue weighted by Crippen LogP contribution is 2.34. The van der Waals surface area contributed by atoms with Crippen LogP contribution >= 0.6 is 22.9 Å². The summed E-state index contributed by atoms with van der Waals surface area (Å²) in [5.74, 6) is 1.01. The Hall–Kier alpha value is -3.30. The van der Waals surface area contributed by atoms with Crippen LogP contribution < -0.4 is 25.4 Å². The lowest BCUT2D eigenvalue weighted by atomic mass is 10.2. The summed E-state index contributed by atoms with van der Waals surface area (Å²) in [6.45, 7) is 0.174. The summed E-state index contributed by atoms with van der Waals surface area (Å²) in [7, 11) is 0. The van der Waals surface area contributed by atoms with Crippen LogP contribution in [0.5, 0.6) is 11.5 Å². The second-order valence-corrected chi connectivity index (χ2v) is 7.32. The van der Waals surface area contributed by atoms with E-state index < -0.39 is 6.03 Å². The zero-order chi connectivity index (χ0) is 20.2. The van der Waals surface area contributed by atoms with Gasteiger partial charge in [0.1, 0.15) is 0 Å². The molecule has 4 rings (SSSR count). The topological polar surface area (TPSA) is 102 Å². The van der Waals surface area contributed by atoms with Gasteiger partial charge in [0, 0.05) is 27.8 Å². The molecule has 0 saturated carbocycles. The minimum atomic E-state index is -0.432. The molecule has 0 radical (unpaired) electrons. The summed E-state index contributed by atoms with van der Waals surface area (Å²) in [5, 5.41) is 10.8. The number of rotatable bonds is 5. The summed E-state index contributed by atoms with van der Waals surface area (Å²) in [5.41, 5.74) is 1.76. The Morgan fingerprint density at radius 1 is 1.00 bits per heavy atom. The third kappa shape index (κ3) is 4.95. The smallest absolute Gasteiger partial charge is 0.325 e. The molecule has 0 fully saturated rings. The summed E-state index contributed by atoms with van der Waals surface area (Å²) in [4.78, 5) is 28.6. The minimum Gasteiger partial charge on any atom is -0.454 e. The number of anilines is 3. The van der Waals surface area contributed by atoms with E-state index >= 15 is 0 Å². The van der Waals surface area contributed by atoms with Gasteiger partial charge in [-0.1, -0.05) is 11.6 Å². The molecule has 3 aromatic rings. The Morgan fingerprint density at radius 2 is 1.76 bits per heavy atom. The summed E-state index contributed by atoms with van der Waals surface area (Å²) < 4.78 is 10.5. The molecule has 0 bridgehead atoms. The van der Waals surface area contributed by atoms with Crippen molar-refractivity contribution in [1.82, 2.24) is 4.98 Å². The van der Waals surface area contributed by atoms with E-state index in [1.54, 1.807) is 47.8 Å². The largest absolute Gasteiger partial charge is 0.454 e. The fourth-order valence-electron chi connectivity index (χ4n) is 2.58. The average Bonchev–Trinajstić information content (AvgIpc) is 3.32. The van der Waals surface area contributed by atoms with E-state index in [0.717, 1.165) is 0 Å². The highest BCUT2D eigenvalue weighted by Gasteiger charge is 2.15. The van der Waals surface area contributed by atoms with E-state index in [4.69, 9.17) is 21.1 Å². The molecule has 1 aliphatic rings. The zero-order valence-corrected chi connectivity index (χ0v) is 16.5. The number of halogens is 1. The number of ether oxygens (including phenoxy) is 2. The number of fused-ring (bicyclic) bond motifs is 1. The summed E-state index contributed by atoms with van der Waals surface area (Å²) >= 11 is 7.05. The average molecular weight is 431 g/mol. The molecule has 0 aliphatic carbocycles. The monoisotopic (exact) mass is 430 g/mol. The minimum absolute atomic E-state index is 0.0748. The third-order valence-electron chi connectivity index (χ3n) is 3.87. The number of urea groups is 1. The predicted molar refractivity (Wildman–Crippen MR) is 111 cm³/mol. The molecule has 1 aliphatic heterocycles. The van der Waals surface area contributed by atoms with E-state index in [-0.39, 0.29) is 19.1 Å². The molecular weight excluding hydrogens is 416 g/mol. The maximum absolute atomic E-state index is 12.3. The van der Waals surface area contributed by atoms with Crippen molar-refractivity contribution in [2.75, 3.05) is 22.7 Å². The first kappa shape index (κ1) is 19.0. The Kier molecular flexibility index (Phi) is 5.50. The Labute approximate surface area is 174 Å². The van der Waals surface area contributed by atoms with Gasteiger partial charge in [0.25, 0.3) is 0 Å². The lowest BCUT2D eigenvalue weighted by molar-refractivity contribution is -0.115. The number of carbonyl (C=O) groups is 2. The van der Waals surface area contributed by atoms with Crippen LogP contribution in [0.3, 0.4) is 0 Å². The van der Waals surface area contributed by atoms with Gasteiger partial charge in [0.15, 0.2) is 16.6 Å². The van der Waals surface area contributed by atoms with Gasteiger partial charge in [0.05, 0.1) is 12.1 Å². The van der Waals surface area contributed by atoms with Crippen molar-refractivity contribution in [3.05, 3.63) is 58.6 Å². The molecule has 2 aromatic carbocycles. The molecule has 8 nitrogen and oxygen atoms in total. The molecule has 0 spiro atoms. The normalized spacial score (nSPS) is 11.8. The third-order valence-corrected chi connectivity index (χ3v) is 4.93. The van der Waals surface area contributed by atoms with E-state index in [1.165, 1.54) is 11.3 Å². The number of thiazole rings is 1. The van der Waals surface area contributed by atoms with Crippen molar-refractivity contribution in [2.24, 2.45) is 0 Å². The van der Waals surface area contributed by atoms with Crippen molar-refractivity contribution in [1.29, 1.82) is 0 Å². The van der Waals surface area contributed by atoms with Gasteiger partial charge in [-0.3, -0.25) is 10.1 Å². The molecule has 10 heteroatoms. The van der Waals surface area contributed by atoms with Crippen LogP contribution in [0.2, 0.25) is 5.02 Å². The second kappa shape index (κ2) is 8.38. The summed E-state index contributed by atoms with van der Waals surface area (Å²) in [6, 6.07) is 11.5. The summed E-state index contributed by atoms with van der Waals surface area (Å²) in [6.07, 6.45) is 0.0748. The van der Waals surface area contributed by atoms with Crippen LogP contribution in [0.1, 0.15) is 5.69 Å². The number of benzene rings is 2. The first-order valence-corrected chi connectivity index (χ1v) is 9.78. The van der Waals surface area contributed by atoms with Gasteiger partial charge in [0.2, 0.25) is 12.7 Å². The second-order valence-electron chi connectivity index (χ2n) is 6.02. The van der Waals surface area contributed by atoms with Crippen molar-refractivity contribution in [2.45, 2.75) is 6.42 Å². The molecule has 148 valence electrons.